The SMILES string of the molecule is CC(NCC(O)C1CCCC1)c1ccc(C#N)cc1. The Morgan fingerprint density at radius 3 is 2.53 bits per heavy atom. The Morgan fingerprint density at radius 2 is 1.95 bits per heavy atom. The molecule has 0 heterocycles. The van der Waals surface area contributed by atoms with Gasteiger partial charge in [-0.25, -0.2) is 0 Å². The minimum Gasteiger partial charge on any atom is -0.392 e. The summed E-state index contributed by atoms with van der Waals surface area (Å²) in [6, 6.07) is 9.93. The van der Waals surface area contributed by atoms with E-state index < -0.39 is 0 Å². The van der Waals surface area contributed by atoms with Crippen LogP contribution < -0.4 is 5.32 Å². The number of aliphatic hydroxyl groups excluding tert-OH is 1. The molecule has 0 radical (unpaired) electrons. The van der Waals surface area contributed by atoms with Gasteiger partial charge in [0, 0.05) is 12.6 Å². The summed E-state index contributed by atoms with van der Waals surface area (Å²) in [5.41, 5.74) is 1.83. The predicted molar refractivity (Wildman–Crippen MR) is 75.5 cm³/mol. The highest BCUT2D eigenvalue weighted by Gasteiger charge is 2.23. The van der Waals surface area contributed by atoms with E-state index in [2.05, 4.69) is 18.3 Å². The van der Waals surface area contributed by atoms with Crippen LogP contribution in [-0.2, 0) is 0 Å². The van der Waals surface area contributed by atoms with E-state index in [1.165, 1.54) is 12.8 Å². The van der Waals surface area contributed by atoms with Crippen molar-refractivity contribution >= 4 is 0 Å². The van der Waals surface area contributed by atoms with Gasteiger partial charge in [-0.1, -0.05) is 25.0 Å². The number of rotatable bonds is 5. The third-order valence-corrected chi connectivity index (χ3v) is 4.12. The van der Waals surface area contributed by atoms with Crippen molar-refractivity contribution in [3.8, 4) is 6.07 Å². The lowest BCUT2D eigenvalue weighted by atomic mass is 10.00. The molecule has 3 nitrogen and oxygen atoms in total. The molecule has 0 aromatic heterocycles. The lowest BCUT2D eigenvalue weighted by Gasteiger charge is -2.21. The molecule has 1 aromatic carbocycles. The molecule has 1 aromatic rings. The first kappa shape index (κ1) is 14.0. The molecule has 0 bridgehead atoms. The molecule has 1 aliphatic carbocycles. The second-order valence-corrected chi connectivity index (χ2v) is 5.48. The van der Waals surface area contributed by atoms with Gasteiger partial charge in [-0.3, -0.25) is 0 Å². The zero-order chi connectivity index (χ0) is 13.7. The third kappa shape index (κ3) is 3.79. The molecular formula is C16H22N2O. The van der Waals surface area contributed by atoms with Gasteiger partial charge in [0.05, 0.1) is 17.7 Å². The normalized spacial score (nSPS) is 19.0. The van der Waals surface area contributed by atoms with Gasteiger partial charge in [0.2, 0.25) is 0 Å². The average Bonchev–Trinajstić information content (AvgIpc) is 2.98. The molecule has 0 amide bonds. The second-order valence-electron chi connectivity index (χ2n) is 5.48. The van der Waals surface area contributed by atoms with Crippen molar-refractivity contribution in [1.82, 2.24) is 5.32 Å². The molecule has 1 aliphatic rings. The molecular weight excluding hydrogens is 236 g/mol. The smallest absolute Gasteiger partial charge is 0.0991 e. The van der Waals surface area contributed by atoms with Crippen molar-refractivity contribution in [3.63, 3.8) is 0 Å². The highest BCUT2D eigenvalue weighted by molar-refractivity contribution is 5.32. The maximum Gasteiger partial charge on any atom is 0.0991 e. The van der Waals surface area contributed by atoms with E-state index in [0.29, 0.717) is 18.0 Å². The number of nitrogens with one attached hydrogen (secondary N) is 1. The summed E-state index contributed by atoms with van der Waals surface area (Å²) in [6.07, 6.45) is 4.60. The van der Waals surface area contributed by atoms with Gasteiger partial charge < -0.3 is 10.4 Å². The van der Waals surface area contributed by atoms with Crippen molar-refractivity contribution in [2.45, 2.75) is 44.8 Å². The number of benzene rings is 1. The Hall–Kier alpha value is -1.37. The van der Waals surface area contributed by atoms with E-state index >= 15 is 0 Å². The van der Waals surface area contributed by atoms with Crippen LogP contribution in [0, 0.1) is 17.2 Å². The van der Waals surface area contributed by atoms with Crippen LogP contribution in [0.15, 0.2) is 24.3 Å². The molecule has 1 saturated carbocycles. The Labute approximate surface area is 115 Å². The van der Waals surface area contributed by atoms with E-state index in [-0.39, 0.29) is 12.1 Å². The maximum absolute atomic E-state index is 10.1. The molecule has 0 spiro atoms. The molecule has 3 heteroatoms. The Bertz CT molecular complexity index is 429. The lowest BCUT2D eigenvalue weighted by molar-refractivity contribution is 0.106. The molecule has 0 aliphatic heterocycles. The van der Waals surface area contributed by atoms with E-state index in [1.54, 1.807) is 0 Å². The summed E-state index contributed by atoms with van der Waals surface area (Å²) >= 11 is 0. The third-order valence-electron chi connectivity index (χ3n) is 4.12. The van der Waals surface area contributed by atoms with Crippen LogP contribution in [0.2, 0.25) is 0 Å². The van der Waals surface area contributed by atoms with Crippen molar-refractivity contribution in [2.75, 3.05) is 6.54 Å². The maximum atomic E-state index is 10.1. The topological polar surface area (TPSA) is 56.0 Å². The van der Waals surface area contributed by atoms with Crippen LogP contribution in [0.1, 0.15) is 49.8 Å². The molecule has 0 saturated heterocycles. The second kappa shape index (κ2) is 6.70. The van der Waals surface area contributed by atoms with E-state index in [4.69, 9.17) is 5.26 Å². The van der Waals surface area contributed by atoms with Crippen molar-refractivity contribution in [3.05, 3.63) is 35.4 Å². The first-order valence-corrected chi connectivity index (χ1v) is 7.12. The molecule has 102 valence electrons. The van der Waals surface area contributed by atoms with Gasteiger partial charge in [0.1, 0.15) is 0 Å². The standard InChI is InChI=1S/C16H22N2O/c1-12(14-8-6-13(10-17)7-9-14)18-11-16(19)15-4-2-3-5-15/h6-9,12,15-16,18-19H,2-5,11H2,1H3. The summed E-state index contributed by atoms with van der Waals surface area (Å²) in [6.45, 7) is 2.73. The van der Waals surface area contributed by atoms with Crippen molar-refractivity contribution in [2.24, 2.45) is 5.92 Å². The Kier molecular flexibility index (Phi) is 4.95. The number of aliphatic hydroxyl groups is 1. The fourth-order valence-electron chi connectivity index (χ4n) is 2.77. The van der Waals surface area contributed by atoms with E-state index in [1.807, 2.05) is 24.3 Å². The molecule has 2 atom stereocenters. The van der Waals surface area contributed by atoms with Crippen LogP contribution in [0.25, 0.3) is 0 Å². The fraction of sp³-hybridized carbons (Fsp3) is 0.562. The molecule has 2 rings (SSSR count). The fourth-order valence-corrected chi connectivity index (χ4v) is 2.77. The number of nitriles is 1. The van der Waals surface area contributed by atoms with Gasteiger partial charge in [-0.15, -0.1) is 0 Å². The van der Waals surface area contributed by atoms with E-state index in [0.717, 1.165) is 18.4 Å². The molecule has 19 heavy (non-hydrogen) atoms. The summed E-state index contributed by atoms with van der Waals surface area (Å²) in [5.74, 6) is 0.473. The minimum atomic E-state index is -0.233. The van der Waals surface area contributed by atoms with Crippen molar-refractivity contribution < 1.29 is 5.11 Å². The Morgan fingerprint density at radius 1 is 1.32 bits per heavy atom. The van der Waals surface area contributed by atoms with Gasteiger partial charge in [-0.2, -0.15) is 5.26 Å². The predicted octanol–water partition coefficient (Wildman–Crippen LogP) is 2.76. The van der Waals surface area contributed by atoms with Gasteiger partial charge in [0.15, 0.2) is 0 Å². The highest BCUT2D eigenvalue weighted by Crippen LogP contribution is 2.27. The zero-order valence-corrected chi connectivity index (χ0v) is 11.5. The number of hydrogen-bond acceptors (Lipinski definition) is 3. The highest BCUT2D eigenvalue weighted by atomic mass is 16.3. The molecule has 2 N–H and O–H groups in total. The zero-order valence-electron chi connectivity index (χ0n) is 11.5. The van der Waals surface area contributed by atoms with E-state index in [9.17, 15) is 5.11 Å². The number of hydrogen-bond donors (Lipinski definition) is 2. The van der Waals surface area contributed by atoms with Crippen LogP contribution in [0.4, 0.5) is 0 Å². The summed E-state index contributed by atoms with van der Waals surface area (Å²) in [4.78, 5) is 0. The van der Waals surface area contributed by atoms with Gasteiger partial charge in [-0.05, 0) is 43.4 Å². The lowest BCUT2D eigenvalue weighted by Crippen LogP contribution is -2.33. The van der Waals surface area contributed by atoms with Crippen LogP contribution in [-0.4, -0.2) is 17.8 Å². The summed E-state index contributed by atoms with van der Waals surface area (Å²) in [5, 5.41) is 22.3. The van der Waals surface area contributed by atoms with Crippen LogP contribution >= 0.6 is 0 Å². The summed E-state index contributed by atoms with van der Waals surface area (Å²) < 4.78 is 0. The number of nitrogens with zero attached hydrogens (tertiary/aromatic N) is 1. The van der Waals surface area contributed by atoms with Crippen molar-refractivity contribution in [1.29, 1.82) is 5.26 Å². The first-order valence-electron chi connectivity index (χ1n) is 7.12. The van der Waals surface area contributed by atoms with Gasteiger partial charge in [0.25, 0.3) is 0 Å². The Balaban J connectivity index is 1.82. The monoisotopic (exact) mass is 258 g/mol. The summed E-state index contributed by atoms with van der Waals surface area (Å²) in [7, 11) is 0. The molecule has 2 unspecified atom stereocenters. The first-order chi connectivity index (χ1) is 9.20. The minimum absolute atomic E-state index is 0.198. The van der Waals surface area contributed by atoms with Gasteiger partial charge >= 0.3 is 0 Å². The van der Waals surface area contributed by atoms with Crippen LogP contribution in [0.3, 0.4) is 0 Å². The largest absolute Gasteiger partial charge is 0.392 e. The van der Waals surface area contributed by atoms with Crippen LogP contribution in [0.5, 0.6) is 0 Å². The quantitative estimate of drug-likeness (QED) is 0.854. The average molecular weight is 258 g/mol. The molecule has 1 fully saturated rings.